The molecule has 1 heterocycles. The van der Waals surface area contributed by atoms with Crippen molar-refractivity contribution in [2.45, 2.75) is 13.0 Å². The van der Waals surface area contributed by atoms with Gasteiger partial charge < -0.3 is 9.47 Å². The molecular formula is C15H12O3. The molecule has 1 aliphatic rings. The molecule has 0 saturated heterocycles. The first kappa shape index (κ1) is 10.8. The Morgan fingerprint density at radius 1 is 1.00 bits per heavy atom. The molecular weight excluding hydrogens is 228 g/mol. The van der Waals surface area contributed by atoms with Gasteiger partial charge in [-0.25, -0.2) is 0 Å². The third-order valence-corrected chi connectivity index (χ3v) is 2.91. The molecule has 0 spiro atoms. The predicted octanol–water partition coefficient (Wildman–Crippen LogP) is 3.44. The summed E-state index contributed by atoms with van der Waals surface area (Å²) < 4.78 is 11.2. The van der Waals surface area contributed by atoms with E-state index in [0.717, 1.165) is 22.6 Å². The molecule has 0 N–H and O–H groups in total. The largest absolute Gasteiger partial charge is 0.456 e. The molecule has 1 aliphatic heterocycles. The molecule has 0 atom stereocenters. The topological polar surface area (TPSA) is 35.5 Å². The zero-order chi connectivity index (χ0) is 12.5. The van der Waals surface area contributed by atoms with Gasteiger partial charge in [0.1, 0.15) is 11.5 Å². The number of fused-ring (bicyclic) bond motifs is 2. The Kier molecular flexibility index (Phi) is 2.52. The van der Waals surface area contributed by atoms with Crippen molar-refractivity contribution < 1.29 is 14.3 Å². The highest BCUT2D eigenvalue weighted by atomic mass is 16.5. The first-order chi connectivity index (χ1) is 8.75. The number of para-hydroxylation sites is 2. The number of hydrogen-bond acceptors (Lipinski definition) is 3. The van der Waals surface area contributed by atoms with Crippen molar-refractivity contribution >= 4 is 5.97 Å². The van der Waals surface area contributed by atoms with Gasteiger partial charge in [-0.3, -0.25) is 4.79 Å². The normalized spacial score (nSPS) is 13.2. The smallest absolute Gasteiger partial charge is 0.303 e. The Hall–Kier alpha value is -2.29. The van der Waals surface area contributed by atoms with Crippen molar-refractivity contribution in [3.05, 3.63) is 59.7 Å². The number of ether oxygens (including phenoxy) is 2. The average Bonchev–Trinajstić information content (AvgIpc) is 2.38. The van der Waals surface area contributed by atoms with Crippen molar-refractivity contribution in [1.29, 1.82) is 0 Å². The fourth-order valence-electron chi connectivity index (χ4n) is 2.16. The van der Waals surface area contributed by atoms with E-state index in [1.165, 1.54) is 6.92 Å². The summed E-state index contributed by atoms with van der Waals surface area (Å²) in [4.78, 5) is 11.3. The molecule has 2 aromatic rings. The molecule has 0 unspecified atom stereocenters. The van der Waals surface area contributed by atoms with Crippen LogP contribution < -0.4 is 4.74 Å². The summed E-state index contributed by atoms with van der Waals surface area (Å²) in [5.74, 6) is 1.18. The van der Waals surface area contributed by atoms with E-state index in [9.17, 15) is 4.79 Å². The van der Waals surface area contributed by atoms with Crippen LogP contribution in [-0.4, -0.2) is 5.97 Å². The van der Waals surface area contributed by atoms with Gasteiger partial charge in [-0.1, -0.05) is 36.4 Å². The van der Waals surface area contributed by atoms with E-state index in [2.05, 4.69) is 0 Å². The number of benzene rings is 2. The lowest BCUT2D eigenvalue weighted by atomic mass is 9.97. The van der Waals surface area contributed by atoms with Gasteiger partial charge in [-0.05, 0) is 12.1 Å². The highest BCUT2D eigenvalue weighted by Gasteiger charge is 2.28. The van der Waals surface area contributed by atoms with Gasteiger partial charge in [-0.15, -0.1) is 0 Å². The van der Waals surface area contributed by atoms with Crippen LogP contribution in [-0.2, 0) is 9.53 Å². The van der Waals surface area contributed by atoms with Crippen LogP contribution in [0.4, 0.5) is 0 Å². The molecule has 0 amide bonds. The lowest BCUT2D eigenvalue weighted by Gasteiger charge is -2.27. The molecule has 0 bridgehead atoms. The van der Waals surface area contributed by atoms with Gasteiger partial charge in [0.2, 0.25) is 0 Å². The van der Waals surface area contributed by atoms with Crippen LogP contribution in [0.15, 0.2) is 48.5 Å². The van der Waals surface area contributed by atoms with Crippen LogP contribution in [0.5, 0.6) is 11.5 Å². The average molecular weight is 240 g/mol. The van der Waals surface area contributed by atoms with E-state index < -0.39 is 0 Å². The van der Waals surface area contributed by atoms with Gasteiger partial charge >= 0.3 is 5.97 Å². The second-order valence-electron chi connectivity index (χ2n) is 4.17. The minimum atomic E-state index is -0.386. The summed E-state index contributed by atoms with van der Waals surface area (Å²) >= 11 is 0. The zero-order valence-corrected chi connectivity index (χ0v) is 9.92. The third kappa shape index (κ3) is 1.74. The van der Waals surface area contributed by atoms with Gasteiger partial charge in [0, 0.05) is 18.1 Å². The zero-order valence-electron chi connectivity index (χ0n) is 9.92. The molecule has 0 saturated carbocycles. The number of esters is 1. The quantitative estimate of drug-likeness (QED) is 0.716. The Morgan fingerprint density at radius 3 is 2.00 bits per heavy atom. The summed E-state index contributed by atoms with van der Waals surface area (Å²) in [5.41, 5.74) is 1.76. The molecule has 3 rings (SSSR count). The van der Waals surface area contributed by atoms with Crippen LogP contribution in [0.25, 0.3) is 0 Å². The van der Waals surface area contributed by atoms with E-state index in [-0.39, 0.29) is 12.1 Å². The van der Waals surface area contributed by atoms with E-state index in [1.807, 2.05) is 48.5 Å². The molecule has 0 aromatic heterocycles. The van der Waals surface area contributed by atoms with Crippen molar-refractivity contribution in [3.63, 3.8) is 0 Å². The van der Waals surface area contributed by atoms with Gasteiger partial charge in [0.15, 0.2) is 6.10 Å². The van der Waals surface area contributed by atoms with Crippen LogP contribution >= 0.6 is 0 Å². The van der Waals surface area contributed by atoms with Crippen LogP contribution in [0, 0.1) is 0 Å². The Morgan fingerprint density at radius 2 is 1.50 bits per heavy atom. The summed E-state index contributed by atoms with van der Waals surface area (Å²) in [6.07, 6.45) is -0.386. The van der Waals surface area contributed by atoms with Crippen molar-refractivity contribution in [1.82, 2.24) is 0 Å². The second-order valence-corrected chi connectivity index (χ2v) is 4.17. The first-order valence-electron chi connectivity index (χ1n) is 5.78. The summed E-state index contributed by atoms with van der Waals surface area (Å²) in [5, 5.41) is 0. The molecule has 3 nitrogen and oxygen atoms in total. The maximum Gasteiger partial charge on any atom is 0.303 e. The molecule has 0 aliphatic carbocycles. The van der Waals surface area contributed by atoms with E-state index in [1.54, 1.807) is 0 Å². The minimum absolute atomic E-state index is 0.300. The van der Waals surface area contributed by atoms with Crippen molar-refractivity contribution in [2.24, 2.45) is 0 Å². The Bertz CT molecular complexity index is 559. The minimum Gasteiger partial charge on any atom is -0.456 e. The maximum atomic E-state index is 11.3. The van der Waals surface area contributed by atoms with Gasteiger partial charge in [-0.2, -0.15) is 0 Å². The third-order valence-electron chi connectivity index (χ3n) is 2.91. The van der Waals surface area contributed by atoms with Gasteiger partial charge in [0.25, 0.3) is 0 Å². The van der Waals surface area contributed by atoms with Crippen molar-refractivity contribution in [3.8, 4) is 11.5 Å². The number of carbonyl (C=O) groups excluding carboxylic acids is 1. The summed E-state index contributed by atoms with van der Waals surface area (Å²) in [7, 11) is 0. The molecule has 2 aromatic carbocycles. The molecule has 18 heavy (non-hydrogen) atoms. The molecule has 3 heteroatoms. The van der Waals surface area contributed by atoms with E-state index >= 15 is 0 Å². The summed E-state index contributed by atoms with van der Waals surface area (Å²) in [6.45, 7) is 1.42. The number of carbonyl (C=O) groups is 1. The molecule has 0 radical (unpaired) electrons. The predicted molar refractivity (Wildman–Crippen MR) is 66.6 cm³/mol. The van der Waals surface area contributed by atoms with E-state index in [0.29, 0.717) is 0 Å². The van der Waals surface area contributed by atoms with Crippen molar-refractivity contribution in [2.75, 3.05) is 0 Å². The van der Waals surface area contributed by atoms with Gasteiger partial charge in [0.05, 0.1) is 0 Å². The monoisotopic (exact) mass is 240 g/mol. The van der Waals surface area contributed by atoms with E-state index in [4.69, 9.17) is 9.47 Å². The highest BCUT2D eigenvalue weighted by Crippen LogP contribution is 2.44. The van der Waals surface area contributed by atoms with Crippen LogP contribution in [0.3, 0.4) is 0 Å². The molecule has 90 valence electrons. The SMILES string of the molecule is CC(=O)OC1c2ccccc2Oc2ccccc21. The number of rotatable bonds is 1. The highest BCUT2D eigenvalue weighted by molar-refractivity contribution is 5.68. The molecule has 0 fully saturated rings. The standard InChI is InChI=1S/C15H12O3/c1-10(16)17-15-11-6-2-4-8-13(11)18-14-9-5-3-7-12(14)15/h2-9,15H,1H3. The second kappa shape index (κ2) is 4.18. The Balaban J connectivity index is 2.14. The maximum absolute atomic E-state index is 11.3. The fourth-order valence-corrected chi connectivity index (χ4v) is 2.16. The Labute approximate surface area is 105 Å². The van der Waals surface area contributed by atoms with Crippen LogP contribution in [0.1, 0.15) is 24.2 Å². The first-order valence-corrected chi connectivity index (χ1v) is 5.78. The lowest BCUT2D eigenvalue weighted by molar-refractivity contribution is -0.145. The lowest BCUT2D eigenvalue weighted by Crippen LogP contribution is -2.15. The summed E-state index contributed by atoms with van der Waals surface area (Å²) in [6, 6.07) is 15.2. The van der Waals surface area contributed by atoms with Crippen LogP contribution in [0.2, 0.25) is 0 Å². The fraction of sp³-hybridized carbons (Fsp3) is 0.133. The number of hydrogen-bond donors (Lipinski definition) is 0.